The van der Waals surface area contributed by atoms with Crippen LogP contribution in [-0.4, -0.2) is 48.3 Å². The molecule has 0 bridgehead atoms. The maximum atomic E-state index is 14.4. The number of aryl methyl sites for hydroxylation is 1. The first-order chi connectivity index (χ1) is 17.7. The monoisotopic (exact) mass is 544 g/mol. The van der Waals surface area contributed by atoms with E-state index in [0.717, 1.165) is 0 Å². The van der Waals surface area contributed by atoms with E-state index in [0.29, 0.717) is 72.3 Å². The van der Waals surface area contributed by atoms with Crippen molar-refractivity contribution < 1.29 is 22.7 Å². The molecule has 0 spiro atoms. The number of carboxylic acid groups (broad SMARTS) is 1. The molecule has 8 nitrogen and oxygen atoms in total. The molecular weight excluding hydrogens is 519 g/mol. The molecule has 0 atom stereocenters. The van der Waals surface area contributed by atoms with Crippen LogP contribution in [0.4, 0.5) is 21.8 Å². The quantitative estimate of drug-likeness (QED) is 0.457. The summed E-state index contributed by atoms with van der Waals surface area (Å²) in [4.78, 5) is 22.4. The molecule has 37 heavy (non-hydrogen) atoms. The Morgan fingerprint density at radius 1 is 1.14 bits per heavy atom. The lowest BCUT2D eigenvalue weighted by Gasteiger charge is -2.33. The van der Waals surface area contributed by atoms with Crippen molar-refractivity contribution in [1.29, 1.82) is 0 Å². The van der Waals surface area contributed by atoms with E-state index in [1.54, 1.807) is 36.4 Å². The van der Waals surface area contributed by atoms with Gasteiger partial charge in [-0.15, -0.1) is 0 Å². The molecule has 0 radical (unpaired) electrons. The summed E-state index contributed by atoms with van der Waals surface area (Å²) in [7, 11) is -3.55. The van der Waals surface area contributed by atoms with Crippen LogP contribution in [0.25, 0.3) is 0 Å². The number of benzene rings is 2. The van der Waals surface area contributed by atoms with Crippen molar-refractivity contribution >= 4 is 44.9 Å². The van der Waals surface area contributed by atoms with E-state index < -0.39 is 15.8 Å². The Bertz CT molecular complexity index is 1440. The average Bonchev–Trinajstić information content (AvgIpc) is 2.84. The zero-order valence-electron chi connectivity index (χ0n) is 20.0. The Labute approximate surface area is 219 Å². The van der Waals surface area contributed by atoms with Crippen molar-refractivity contribution in [2.24, 2.45) is 0 Å². The van der Waals surface area contributed by atoms with Crippen LogP contribution in [0.1, 0.15) is 42.0 Å². The molecule has 2 aliphatic rings. The first kappa shape index (κ1) is 25.4. The Morgan fingerprint density at radius 2 is 1.86 bits per heavy atom. The van der Waals surface area contributed by atoms with E-state index >= 15 is 0 Å². The zero-order chi connectivity index (χ0) is 26.2. The van der Waals surface area contributed by atoms with E-state index in [4.69, 9.17) is 16.7 Å². The van der Waals surface area contributed by atoms with Gasteiger partial charge in [0.2, 0.25) is 5.95 Å². The smallest absolute Gasteiger partial charge is 0.307 e. The number of nitrogens with zero attached hydrogens (tertiary/aromatic N) is 3. The summed E-state index contributed by atoms with van der Waals surface area (Å²) in [5.74, 6) is -0.487. The zero-order valence-corrected chi connectivity index (χ0v) is 21.5. The molecule has 0 saturated carbocycles. The van der Waals surface area contributed by atoms with Crippen LogP contribution in [-0.2, 0) is 27.5 Å². The number of carboxylic acids is 1. The molecule has 1 fully saturated rings. The van der Waals surface area contributed by atoms with Crippen LogP contribution in [0.5, 0.6) is 0 Å². The lowest BCUT2D eigenvalue weighted by atomic mass is 9.89. The highest BCUT2D eigenvalue weighted by Crippen LogP contribution is 2.36. The van der Waals surface area contributed by atoms with Gasteiger partial charge in [-0.05, 0) is 67.0 Å². The van der Waals surface area contributed by atoms with Crippen molar-refractivity contribution in [3.05, 3.63) is 70.1 Å². The van der Waals surface area contributed by atoms with Gasteiger partial charge in [0.15, 0.2) is 15.7 Å². The molecule has 194 valence electrons. The van der Waals surface area contributed by atoms with Gasteiger partial charge < -0.3 is 15.3 Å². The molecule has 11 heteroatoms. The van der Waals surface area contributed by atoms with Gasteiger partial charge in [0.25, 0.3) is 0 Å². The molecule has 3 aromatic rings. The Hall–Kier alpha value is -3.24. The van der Waals surface area contributed by atoms with E-state index in [1.165, 1.54) is 6.07 Å². The molecule has 1 saturated heterocycles. The van der Waals surface area contributed by atoms with Crippen molar-refractivity contribution in [3.8, 4) is 0 Å². The minimum absolute atomic E-state index is 0.0347. The number of nitrogens with one attached hydrogen (secondary N) is 1. The van der Waals surface area contributed by atoms with Crippen molar-refractivity contribution in [2.75, 3.05) is 29.1 Å². The highest BCUT2D eigenvalue weighted by molar-refractivity contribution is 7.91. The molecule has 5 rings (SSSR count). The fraction of sp³-hybridized carbons (Fsp3) is 0.346. The topological polar surface area (TPSA) is 112 Å². The number of rotatable bonds is 6. The molecule has 1 aromatic heterocycles. The van der Waals surface area contributed by atoms with Gasteiger partial charge in [-0.2, -0.15) is 4.98 Å². The molecule has 2 aromatic carbocycles. The number of aliphatic carboxylic acids is 1. The average molecular weight is 545 g/mol. The second kappa shape index (κ2) is 10.3. The lowest BCUT2D eigenvalue weighted by molar-refractivity contribution is -0.136. The Balaban J connectivity index is 1.41. The van der Waals surface area contributed by atoms with Gasteiger partial charge >= 0.3 is 5.97 Å². The predicted octanol–water partition coefficient (Wildman–Crippen LogP) is 4.74. The summed E-state index contributed by atoms with van der Waals surface area (Å²) in [6.45, 7) is 1.20. The SMILES string of the molecule is O=C(O)Cc1ccc(Nc2nc(N3CCC(c4ccc(Cl)cc4F)CC3)nc3c2S(=O)(=O)CCC3)cc1. The molecular formula is C26H26ClFN4O4S. The summed E-state index contributed by atoms with van der Waals surface area (Å²) >= 11 is 5.90. The molecule has 0 amide bonds. The predicted molar refractivity (Wildman–Crippen MR) is 139 cm³/mol. The highest BCUT2D eigenvalue weighted by Gasteiger charge is 2.32. The van der Waals surface area contributed by atoms with Crippen molar-refractivity contribution in [2.45, 2.75) is 42.9 Å². The fourth-order valence-electron chi connectivity index (χ4n) is 4.98. The first-order valence-corrected chi connectivity index (χ1v) is 14.1. The summed E-state index contributed by atoms with van der Waals surface area (Å²) < 4.78 is 40.4. The third-order valence-corrected chi connectivity index (χ3v) is 8.93. The van der Waals surface area contributed by atoms with E-state index in [9.17, 15) is 17.6 Å². The normalized spacial score (nSPS) is 17.3. The van der Waals surface area contributed by atoms with E-state index in [1.807, 2.05) is 4.90 Å². The van der Waals surface area contributed by atoms with Crippen LogP contribution in [0.15, 0.2) is 47.4 Å². The summed E-state index contributed by atoms with van der Waals surface area (Å²) in [6.07, 6.45) is 2.32. The largest absolute Gasteiger partial charge is 0.481 e. The van der Waals surface area contributed by atoms with Crippen LogP contribution in [0.2, 0.25) is 5.02 Å². The van der Waals surface area contributed by atoms with Gasteiger partial charge in [-0.3, -0.25) is 4.79 Å². The van der Waals surface area contributed by atoms with Crippen molar-refractivity contribution in [3.63, 3.8) is 0 Å². The standard InChI is InChI=1S/C26H26ClFN4O4S/c27-18-5-8-20(21(28)15-18)17-9-11-32(12-10-17)26-30-22-2-1-13-37(35,36)24(22)25(31-26)29-19-6-3-16(4-7-19)14-23(33)34/h3-8,15,17H,1-2,9-14H2,(H,33,34)(H,29,30,31). The minimum Gasteiger partial charge on any atom is -0.481 e. The number of piperidine rings is 1. The summed E-state index contributed by atoms with van der Waals surface area (Å²) in [5, 5.41) is 12.5. The third kappa shape index (κ3) is 5.55. The summed E-state index contributed by atoms with van der Waals surface area (Å²) in [6, 6.07) is 11.5. The Morgan fingerprint density at radius 3 is 2.54 bits per heavy atom. The van der Waals surface area contributed by atoms with E-state index in [2.05, 4.69) is 15.3 Å². The van der Waals surface area contributed by atoms with Gasteiger partial charge in [0.05, 0.1) is 17.9 Å². The number of fused-ring (bicyclic) bond motifs is 1. The number of hydrogen-bond donors (Lipinski definition) is 2. The third-order valence-electron chi connectivity index (χ3n) is 6.81. The number of hydrogen-bond acceptors (Lipinski definition) is 7. The minimum atomic E-state index is -3.55. The number of aromatic nitrogens is 2. The van der Waals surface area contributed by atoms with Gasteiger partial charge in [-0.25, -0.2) is 17.8 Å². The van der Waals surface area contributed by atoms with E-state index in [-0.39, 0.29) is 34.6 Å². The summed E-state index contributed by atoms with van der Waals surface area (Å²) in [5.41, 5.74) is 2.37. The first-order valence-electron chi connectivity index (χ1n) is 12.1. The number of anilines is 3. The molecule has 0 unspecified atom stereocenters. The molecule has 2 aliphatic heterocycles. The van der Waals surface area contributed by atoms with Crippen LogP contribution in [0.3, 0.4) is 0 Å². The maximum absolute atomic E-state index is 14.4. The second-order valence-corrected chi connectivity index (χ2v) is 11.9. The number of halogens is 2. The lowest BCUT2D eigenvalue weighted by Crippen LogP contribution is -2.35. The second-order valence-electron chi connectivity index (χ2n) is 9.39. The van der Waals surface area contributed by atoms with Crippen LogP contribution in [0, 0.1) is 5.82 Å². The number of carbonyl (C=O) groups is 1. The molecule has 0 aliphatic carbocycles. The van der Waals surface area contributed by atoms with Gasteiger partial charge in [0.1, 0.15) is 10.7 Å². The maximum Gasteiger partial charge on any atom is 0.307 e. The highest BCUT2D eigenvalue weighted by atomic mass is 35.5. The fourth-order valence-corrected chi connectivity index (χ4v) is 6.76. The van der Waals surface area contributed by atoms with Crippen molar-refractivity contribution in [1.82, 2.24) is 9.97 Å². The Kier molecular flexibility index (Phi) is 7.04. The van der Waals surface area contributed by atoms with Crippen LogP contribution >= 0.6 is 11.6 Å². The van der Waals surface area contributed by atoms with Crippen LogP contribution < -0.4 is 10.2 Å². The van der Waals surface area contributed by atoms with Gasteiger partial charge in [0, 0.05) is 23.8 Å². The molecule has 3 heterocycles. The molecule has 2 N–H and O–H groups in total. The number of sulfone groups is 1. The van der Waals surface area contributed by atoms with Gasteiger partial charge in [-0.1, -0.05) is 29.8 Å².